The Morgan fingerprint density at radius 3 is 2.76 bits per heavy atom. The Morgan fingerprint density at radius 2 is 2.15 bits per heavy atom. The van der Waals surface area contributed by atoms with Crippen molar-refractivity contribution in [3.05, 3.63) is 58.8 Å². The third kappa shape index (κ3) is 4.90. The second-order valence-electron chi connectivity index (χ2n) is 10.0. The van der Waals surface area contributed by atoms with Gasteiger partial charge in [-0.2, -0.15) is 5.26 Å². The van der Waals surface area contributed by atoms with E-state index in [2.05, 4.69) is 47.2 Å². The molecule has 0 spiro atoms. The number of imidazole rings is 1. The number of rotatable bonds is 8. The Bertz CT molecular complexity index is 1200. The Labute approximate surface area is 201 Å². The first-order valence-corrected chi connectivity index (χ1v) is 11.9. The van der Waals surface area contributed by atoms with Crippen LogP contribution in [-0.2, 0) is 16.9 Å². The van der Waals surface area contributed by atoms with Crippen molar-refractivity contribution in [2.24, 2.45) is 5.41 Å². The van der Waals surface area contributed by atoms with Gasteiger partial charge in [0.2, 0.25) is 0 Å². The molecule has 1 fully saturated rings. The lowest BCUT2D eigenvalue weighted by Crippen LogP contribution is -2.20. The molecule has 1 saturated carbocycles. The van der Waals surface area contributed by atoms with E-state index >= 15 is 0 Å². The van der Waals surface area contributed by atoms with Crippen molar-refractivity contribution in [1.29, 1.82) is 5.26 Å². The molecule has 0 saturated heterocycles. The van der Waals surface area contributed by atoms with Crippen molar-refractivity contribution in [1.82, 2.24) is 9.55 Å². The van der Waals surface area contributed by atoms with E-state index in [4.69, 9.17) is 11.3 Å². The van der Waals surface area contributed by atoms with E-state index in [0.717, 1.165) is 49.7 Å². The van der Waals surface area contributed by atoms with Crippen molar-refractivity contribution in [3.63, 3.8) is 0 Å². The van der Waals surface area contributed by atoms with Gasteiger partial charge >= 0.3 is 5.91 Å². The number of hydrogen-bond donors (Lipinski definition) is 1. The van der Waals surface area contributed by atoms with Gasteiger partial charge in [0.05, 0.1) is 11.5 Å². The quantitative estimate of drug-likeness (QED) is 0.377. The van der Waals surface area contributed by atoms with Gasteiger partial charge in [-0.25, -0.2) is 0 Å². The van der Waals surface area contributed by atoms with E-state index < -0.39 is 5.41 Å². The predicted molar refractivity (Wildman–Crippen MR) is 131 cm³/mol. The van der Waals surface area contributed by atoms with Crippen molar-refractivity contribution < 1.29 is 9.53 Å². The first-order chi connectivity index (χ1) is 16.3. The van der Waals surface area contributed by atoms with Crippen LogP contribution in [-0.4, -0.2) is 22.1 Å². The van der Waals surface area contributed by atoms with Crippen LogP contribution in [0.1, 0.15) is 81.0 Å². The largest absolute Gasteiger partial charge is 0.361 e. The predicted octanol–water partition coefficient (Wildman–Crippen LogP) is 6.22. The maximum Gasteiger partial charge on any atom is 0.316 e. The van der Waals surface area contributed by atoms with Crippen molar-refractivity contribution in [3.8, 4) is 6.07 Å². The lowest BCUT2D eigenvalue weighted by molar-refractivity contribution is 0.0731. The third-order valence-electron chi connectivity index (χ3n) is 6.76. The number of amides is 1. The molecule has 34 heavy (non-hydrogen) atoms. The summed E-state index contributed by atoms with van der Waals surface area (Å²) in [6.07, 6.45) is 9.35. The molecule has 2 aliphatic carbocycles. The molecule has 1 N–H and O–H groups in total. The third-order valence-corrected chi connectivity index (χ3v) is 6.76. The summed E-state index contributed by atoms with van der Waals surface area (Å²) in [5.41, 5.74) is 3.73. The van der Waals surface area contributed by atoms with Gasteiger partial charge in [-0.3, -0.25) is 9.36 Å². The molecule has 7 nitrogen and oxygen atoms in total. The minimum absolute atomic E-state index is 0.145. The summed E-state index contributed by atoms with van der Waals surface area (Å²) in [5.74, 6) is -0.0866. The normalized spacial score (nSPS) is 17.9. The highest BCUT2D eigenvalue weighted by atomic mass is 16.5. The highest BCUT2D eigenvalue weighted by Gasteiger charge is 2.45. The standard InChI is InChI=1S/C27H31N5O2/c1-5-14-34-18-32-16-23(29-4)31-24(32)25(33)30-22-7-6-20(27(17-28)12-13-27)15-21(22)19-8-10-26(2,3)11-9-19/h6-8,15-16H,5,9-14,18H2,1-3H3,(H,30,33). The van der Waals surface area contributed by atoms with E-state index in [-0.39, 0.29) is 29.7 Å². The van der Waals surface area contributed by atoms with E-state index in [1.807, 2.05) is 19.1 Å². The van der Waals surface area contributed by atoms with Crippen LogP contribution in [0.3, 0.4) is 0 Å². The maximum absolute atomic E-state index is 13.3. The number of anilines is 1. The lowest BCUT2D eigenvalue weighted by Gasteiger charge is -2.29. The first kappa shape index (κ1) is 23.7. The second-order valence-corrected chi connectivity index (χ2v) is 10.0. The molecular weight excluding hydrogens is 426 g/mol. The Kier molecular flexibility index (Phi) is 6.59. The van der Waals surface area contributed by atoms with Crippen LogP contribution in [0.5, 0.6) is 0 Å². The average molecular weight is 458 g/mol. The summed E-state index contributed by atoms with van der Waals surface area (Å²) in [5, 5.41) is 12.7. The van der Waals surface area contributed by atoms with Gasteiger partial charge in [0, 0.05) is 24.1 Å². The molecule has 1 amide bonds. The number of nitrogens with one attached hydrogen (secondary N) is 1. The molecule has 0 aliphatic heterocycles. The Balaban J connectivity index is 1.66. The molecule has 7 heteroatoms. The van der Waals surface area contributed by atoms with Crippen LogP contribution in [0.15, 0.2) is 30.5 Å². The van der Waals surface area contributed by atoms with Crippen molar-refractivity contribution >= 4 is 23.0 Å². The molecule has 176 valence electrons. The molecular formula is C27H31N5O2. The van der Waals surface area contributed by atoms with Gasteiger partial charge in [0.1, 0.15) is 6.73 Å². The van der Waals surface area contributed by atoms with Crippen LogP contribution < -0.4 is 5.32 Å². The molecule has 0 unspecified atom stereocenters. The summed E-state index contributed by atoms with van der Waals surface area (Å²) >= 11 is 0. The summed E-state index contributed by atoms with van der Waals surface area (Å²) < 4.78 is 7.15. The summed E-state index contributed by atoms with van der Waals surface area (Å²) in [6.45, 7) is 14.5. The number of carbonyl (C=O) groups is 1. The zero-order valence-electron chi connectivity index (χ0n) is 20.1. The Morgan fingerprint density at radius 1 is 1.35 bits per heavy atom. The van der Waals surface area contributed by atoms with Gasteiger partial charge in [-0.1, -0.05) is 44.5 Å². The fourth-order valence-electron chi connectivity index (χ4n) is 4.35. The fourth-order valence-corrected chi connectivity index (χ4v) is 4.35. The molecule has 2 aliphatic rings. The highest BCUT2D eigenvalue weighted by molar-refractivity contribution is 6.04. The molecule has 1 heterocycles. The number of nitriles is 1. The number of carbonyl (C=O) groups excluding carboxylic acids is 1. The lowest BCUT2D eigenvalue weighted by atomic mass is 9.76. The van der Waals surface area contributed by atoms with Gasteiger partial charge in [-0.15, -0.1) is 0 Å². The van der Waals surface area contributed by atoms with E-state index in [1.54, 1.807) is 4.57 Å². The maximum atomic E-state index is 13.3. The molecule has 1 aromatic heterocycles. The van der Waals surface area contributed by atoms with E-state index in [1.165, 1.54) is 11.8 Å². The SMILES string of the molecule is [C-]#[N+]c1cn(COCCC)c(C(=O)Nc2ccc(C3(C#N)CC3)cc2C2=CCC(C)(C)CC2)n1. The monoisotopic (exact) mass is 457 g/mol. The number of ether oxygens (including phenoxy) is 1. The molecule has 4 rings (SSSR count). The number of hydrogen-bond acceptors (Lipinski definition) is 4. The second kappa shape index (κ2) is 9.44. The number of nitrogens with zero attached hydrogens (tertiary/aromatic N) is 4. The summed E-state index contributed by atoms with van der Waals surface area (Å²) in [6, 6.07) is 8.41. The first-order valence-electron chi connectivity index (χ1n) is 11.9. The van der Waals surface area contributed by atoms with Crippen LogP contribution in [0.25, 0.3) is 10.4 Å². The van der Waals surface area contributed by atoms with Gasteiger partial charge in [0.15, 0.2) is 0 Å². The average Bonchev–Trinajstić information content (AvgIpc) is 3.52. The van der Waals surface area contributed by atoms with Crippen LogP contribution in [0.2, 0.25) is 0 Å². The topological polar surface area (TPSA) is 84.3 Å². The molecule has 0 bridgehead atoms. The summed E-state index contributed by atoms with van der Waals surface area (Å²) in [4.78, 5) is 20.8. The minimum atomic E-state index is -0.400. The van der Waals surface area contributed by atoms with Crippen LogP contribution in [0.4, 0.5) is 11.5 Å². The number of allylic oxidation sites excluding steroid dienone is 2. The summed E-state index contributed by atoms with van der Waals surface area (Å²) in [7, 11) is 0. The zero-order valence-corrected chi connectivity index (χ0v) is 20.1. The number of aromatic nitrogens is 2. The van der Waals surface area contributed by atoms with Crippen LogP contribution >= 0.6 is 0 Å². The number of benzene rings is 1. The van der Waals surface area contributed by atoms with E-state index in [0.29, 0.717) is 12.3 Å². The van der Waals surface area contributed by atoms with Crippen molar-refractivity contribution in [2.45, 2.75) is 71.4 Å². The van der Waals surface area contributed by atoms with Crippen LogP contribution in [0, 0.1) is 23.3 Å². The Hall–Kier alpha value is -3.42. The van der Waals surface area contributed by atoms with Gasteiger partial charge in [0.25, 0.3) is 11.6 Å². The van der Waals surface area contributed by atoms with Crippen molar-refractivity contribution in [2.75, 3.05) is 11.9 Å². The minimum Gasteiger partial charge on any atom is -0.361 e. The smallest absolute Gasteiger partial charge is 0.316 e. The highest BCUT2D eigenvalue weighted by Crippen LogP contribution is 2.49. The molecule has 2 aromatic rings. The van der Waals surface area contributed by atoms with Gasteiger partial charge < -0.3 is 14.9 Å². The molecule has 1 aromatic carbocycles. The van der Waals surface area contributed by atoms with E-state index in [9.17, 15) is 10.1 Å². The molecule has 0 atom stereocenters. The van der Waals surface area contributed by atoms with Gasteiger partial charge in [-0.05, 0) is 67.2 Å². The molecule has 0 radical (unpaired) electrons. The fraction of sp³-hybridized carbons (Fsp3) is 0.481. The zero-order chi connectivity index (χ0) is 24.3.